The Balaban J connectivity index is 4.22. The molecule has 4 nitrogen and oxygen atoms in total. The number of ether oxygens (including phenoxy) is 1. The van der Waals surface area contributed by atoms with Crippen LogP contribution in [0.5, 0.6) is 0 Å². The van der Waals surface area contributed by atoms with E-state index in [2.05, 4.69) is 5.92 Å². The van der Waals surface area contributed by atoms with Gasteiger partial charge in [0.15, 0.2) is 6.10 Å². The quantitative estimate of drug-likeness (QED) is 0.455. The molecule has 0 aliphatic carbocycles. The summed E-state index contributed by atoms with van der Waals surface area (Å²) in [5.41, 5.74) is 4.60. The number of carbonyl (C=O) groups is 1. The zero-order valence-electron chi connectivity index (χ0n) is 8.07. The molecule has 1 unspecified atom stereocenters. The minimum atomic E-state index is -1.45. The van der Waals surface area contributed by atoms with Gasteiger partial charge in [-0.25, -0.2) is 4.79 Å². The van der Waals surface area contributed by atoms with Crippen LogP contribution in [0.15, 0.2) is 0 Å². The summed E-state index contributed by atoms with van der Waals surface area (Å²) in [7, 11) is 0. The van der Waals surface area contributed by atoms with Crippen molar-refractivity contribution in [3.05, 3.63) is 0 Å². The molecule has 0 aromatic heterocycles. The Morgan fingerprint density at radius 3 is 2.38 bits per heavy atom. The van der Waals surface area contributed by atoms with E-state index in [1.807, 2.05) is 0 Å². The van der Waals surface area contributed by atoms with Crippen LogP contribution >= 0.6 is 0 Å². The molecule has 0 bridgehead atoms. The van der Waals surface area contributed by atoms with Crippen LogP contribution < -0.4 is 5.73 Å². The van der Waals surface area contributed by atoms with Gasteiger partial charge in [-0.05, 0) is 20.8 Å². The highest BCUT2D eigenvalue weighted by Crippen LogP contribution is 2.09. The molecule has 0 spiro atoms. The standard InChI is InChI=1S/C9H15NO3/c1-5-6(10)7(11)8(12)13-9(2,3)4/h1,6-7,11H,10H2,2-4H3/t6?,7-/m0/s1. The van der Waals surface area contributed by atoms with Crippen molar-refractivity contribution in [1.82, 2.24) is 0 Å². The summed E-state index contributed by atoms with van der Waals surface area (Å²) in [6.45, 7) is 5.08. The number of rotatable bonds is 2. The predicted molar refractivity (Wildman–Crippen MR) is 48.7 cm³/mol. The van der Waals surface area contributed by atoms with Crippen molar-refractivity contribution in [2.75, 3.05) is 0 Å². The Hall–Kier alpha value is -1.05. The molecule has 0 rings (SSSR count). The summed E-state index contributed by atoms with van der Waals surface area (Å²) in [4.78, 5) is 11.1. The molecule has 0 saturated carbocycles. The molecule has 2 atom stereocenters. The lowest BCUT2D eigenvalue weighted by atomic mass is 10.1. The number of hydrogen-bond acceptors (Lipinski definition) is 4. The number of hydrogen-bond donors (Lipinski definition) is 2. The highest BCUT2D eigenvalue weighted by Gasteiger charge is 2.26. The Morgan fingerprint density at radius 1 is 1.62 bits per heavy atom. The maximum atomic E-state index is 11.1. The van der Waals surface area contributed by atoms with Crippen molar-refractivity contribution >= 4 is 5.97 Å². The van der Waals surface area contributed by atoms with Gasteiger partial charge in [0.1, 0.15) is 11.6 Å². The van der Waals surface area contributed by atoms with E-state index >= 15 is 0 Å². The van der Waals surface area contributed by atoms with E-state index in [4.69, 9.17) is 16.9 Å². The number of carbonyl (C=O) groups excluding carboxylic acids is 1. The molecule has 0 aliphatic rings. The smallest absolute Gasteiger partial charge is 0.338 e. The molecule has 74 valence electrons. The maximum Gasteiger partial charge on any atom is 0.338 e. The normalized spacial score (nSPS) is 15.7. The first-order valence-corrected chi connectivity index (χ1v) is 3.90. The average molecular weight is 185 g/mol. The third-order valence-electron chi connectivity index (χ3n) is 1.18. The third-order valence-corrected chi connectivity index (χ3v) is 1.18. The zero-order chi connectivity index (χ0) is 10.6. The lowest BCUT2D eigenvalue weighted by Gasteiger charge is -2.22. The van der Waals surface area contributed by atoms with Gasteiger partial charge in [-0.1, -0.05) is 5.92 Å². The first-order valence-electron chi connectivity index (χ1n) is 3.90. The molecular weight excluding hydrogens is 170 g/mol. The second kappa shape index (κ2) is 4.26. The molecular formula is C9H15NO3. The van der Waals surface area contributed by atoms with Crippen LogP contribution in [-0.4, -0.2) is 28.8 Å². The first-order chi connectivity index (χ1) is 5.78. The van der Waals surface area contributed by atoms with Gasteiger partial charge in [0, 0.05) is 0 Å². The molecule has 0 aromatic carbocycles. The van der Waals surface area contributed by atoms with Crippen molar-refractivity contribution in [1.29, 1.82) is 0 Å². The van der Waals surface area contributed by atoms with E-state index in [-0.39, 0.29) is 0 Å². The summed E-state index contributed by atoms with van der Waals surface area (Å²) in [5.74, 6) is 1.26. The molecule has 3 N–H and O–H groups in total. The SMILES string of the molecule is C#CC(N)[C@H](O)C(=O)OC(C)(C)C. The van der Waals surface area contributed by atoms with Gasteiger partial charge in [0.25, 0.3) is 0 Å². The minimum absolute atomic E-state index is 0.646. The van der Waals surface area contributed by atoms with Crippen LogP contribution in [0.1, 0.15) is 20.8 Å². The molecule has 0 fully saturated rings. The fraction of sp³-hybridized carbons (Fsp3) is 0.667. The second-order valence-corrected chi connectivity index (χ2v) is 3.67. The van der Waals surface area contributed by atoms with Gasteiger partial charge in [-0.3, -0.25) is 0 Å². The van der Waals surface area contributed by atoms with E-state index in [1.54, 1.807) is 20.8 Å². The third kappa shape index (κ3) is 4.51. The predicted octanol–water partition coefficient (Wildman–Crippen LogP) is -0.351. The van der Waals surface area contributed by atoms with Crippen molar-refractivity contribution < 1.29 is 14.6 Å². The number of terminal acetylenes is 1. The fourth-order valence-electron chi connectivity index (χ4n) is 0.600. The Bertz CT molecular complexity index is 224. The molecule has 0 heterocycles. The molecule has 0 aliphatic heterocycles. The van der Waals surface area contributed by atoms with E-state index < -0.39 is 23.7 Å². The van der Waals surface area contributed by atoms with E-state index in [0.29, 0.717) is 0 Å². The number of aliphatic hydroxyl groups is 1. The van der Waals surface area contributed by atoms with Crippen LogP contribution in [0, 0.1) is 12.3 Å². The average Bonchev–Trinajstić information content (AvgIpc) is 1.98. The molecule has 13 heavy (non-hydrogen) atoms. The fourth-order valence-corrected chi connectivity index (χ4v) is 0.600. The molecule has 0 amide bonds. The summed E-state index contributed by atoms with van der Waals surface area (Å²) in [6, 6.07) is -1.02. The van der Waals surface area contributed by atoms with E-state index in [1.165, 1.54) is 0 Å². The monoisotopic (exact) mass is 185 g/mol. The van der Waals surface area contributed by atoms with Crippen LogP contribution in [0.4, 0.5) is 0 Å². The molecule has 0 aromatic rings. The van der Waals surface area contributed by atoms with Crippen LogP contribution in [0.3, 0.4) is 0 Å². The lowest BCUT2D eigenvalue weighted by Crippen LogP contribution is -2.42. The number of aliphatic hydroxyl groups excluding tert-OH is 1. The zero-order valence-corrected chi connectivity index (χ0v) is 8.07. The Labute approximate surface area is 78.1 Å². The summed E-state index contributed by atoms with van der Waals surface area (Å²) in [5, 5.41) is 9.21. The summed E-state index contributed by atoms with van der Waals surface area (Å²) >= 11 is 0. The van der Waals surface area contributed by atoms with Gasteiger partial charge in [-0.15, -0.1) is 6.42 Å². The molecule has 4 heteroatoms. The van der Waals surface area contributed by atoms with Crippen LogP contribution in [0.25, 0.3) is 0 Å². The van der Waals surface area contributed by atoms with Crippen molar-refractivity contribution in [3.63, 3.8) is 0 Å². The number of nitrogens with two attached hydrogens (primary N) is 1. The van der Waals surface area contributed by atoms with Crippen molar-refractivity contribution in [2.45, 2.75) is 38.5 Å². The van der Waals surface area contributed by atoms with Crippen LogP contribution in [0.2, 0.25) is 0 Å². The van der Waals surface area contributed by atoms with Gasteiger partial charge in [0.2, 0.25) is 0 Å². The number of esters is 1. The minimum Gasteiger partial charge on any atom is -0.458 e. The Morgan fingerprint density at radius 2 is 2.08 bits per heavy atom. The highest BCUT2D eigenvalue weighted by atomic mass is 16.6. The second-order valence-electron chi connectivity index (χ2n) is 3.67. The van der Waals surface area contributed by atoms with Gasteiger partial charge < -0.3 is 15.6 Å². The molecule has 0 saturated heterocycles. The maximum absolute atomic E-state index is 11.1. The van der Waals surface area contributed by atoms with E-state index in [0.717, 1.165) is 0 Å². The van der Waals surface area contributed by atoms with Crippen molar-refractivity contribution in [3.8, 4) is 12.3 Å². The molecule has 0 radical (unpaired) electrons. The van der Waals surface area contributed by atoms with Crippen LogP contribution in [-0.2, 0) is 9.53 Å². The first kappa shape index (κ1) is 11.9. The van der Waals surface area contributed by atoms with Gasteiger partial charge >= 0.3 is 5.97 Å². The summed E-state index contributed by atoms with van der Waals surface area (Å²) < 4.78 is 4.86. The van der Waals surface area contributed by atoms with Gasteiger partial charge in [-0.2, -0.15) is 0 Å². The largest absolute Gasteiger partial charge is 0.458 e. The van der Waals surface area contributed by atoms with Crippen molar-refractivity contribution in [2.24, 2.45) is 5.73 Å². The Kier molecular flexibility index (Phi) is 3.92. The highest BCUT2D eigenvalue weighted by molar-refractivity contribution is 5.76. The lowest BCUT2D eigenvalue weighted by molar-refractivity contribution is -0.165. The van der Waals surface area contributed by atoms with Gasteiger partial charge in [0.05, 0.1) is 0 Å². The van der Waals surface area contributed by atoms with E-state index in [9.17, 15) is 9.90 Å². The topological polar surface area (TPSA) is 72.5 Å². The summed E-state index contributed by atoms with van der Waals surface area (Å²) in [6.07, 6.45) is 3.48.